The maximum atomic E-state index is 13.4. The highest BCUT2D eigenvalue weighted by Gasteiger charge is 2.18. The Hall–Kier alpha value is -1.22. The molecular formula is C15H19F2N. The number of hydrogen-bond donors (Lipinski definition) is 1. The second kappa shape index (κ2) is 6.10. The van der Waals surface area contributed by atoms with E-state index in [2.05, 4.69) is 12.2 Å². The summed E-state index contributed by atoms with van der Waals surface area (Å²) in [6, 6.07) is 4.17. The first-order chi connectivity index (χ1) is 8.70. The number of halogens is 2. The minimum atomic E-state index is -0.505. The lowest BCUT2D eigenvalue weighted by molar-refractivity contribution is 0.326. The molecule has 1 N–H and O–H groups in total. The first kappa shape index (κ1) is 13.2. The van der Waals surface area contributed by atoms with Gasteiger partial charge in [0.25, 0.3) is 0 Å². The van der Waals surface area contributed by atoms with Crippen molar-refractivity contribution in [2.75, 3.05) is 6.54 Å². The molecule has 0 radical (unpaired) electrons. The zero-order valence-electron chi connectivity index (χ0n) is 10.6. The zero-order valence-corrected chi connectivity index (χ0v) is 10.6. The molecule has 1 aromatic rings. The van der Waals surface area contributed by atoms with Crippen molar-refractivity contribution in [3.63, 3.8) is 0 Å². The van der Waals surface area contributed by atoms with Gasteiger partial charge in [0.2, 0.25) is 0 Å². The largest absolute Gasteiger partial charge is 0.310 e. The highest BCUT2D eigenvalue weighted by Crippen LogP contribution is 2.21. The van der Waals surface area contributed by atoms with Crippen molar-refractivity contribution < 1.29 is 8.78 Å². The van der Waals surface area contributed by atoms with E-state index < -0.39 is 11.6 Å². The van der Waals surface area contributed by atoms with Crippen molar-refractivity contribution in [3.8, 4) is 0 Å². The molecule has 0 bridgehead atoms. The number of benzene rings is 1. The van der Waals surface area contributed by atoms with Crippen LogP contribution in [-0.4, -0.2) is 12.6 Å². The van der Waals surface area contributed by atoms with Crippen molar-refractivity contribution in [1.82, 2.24) is 5.32 Å². The van der Waals surface area contributed by atoms with Gasteiger partial charge in [-0.25, -0.2) is 8.78 Å². The van der Waals surface area contributed by atoms with E-state index >= 15 is 0 Å². The Balaban J connectivity index is 2.06. The van der Waals surface area contributed by atoms with Crippen molar-refractivity contribution in [2.45, 2.75) is 32.2 Å². The van der Waals surface area contributed by atoms with E-state index in [0.717, 1.165) is 13.0 Å². The fourth-order valence-electron chi connectivity index (χ4n) is 2.43. The van der Waals surface area contributed by atoms with Gasteiger partial charge in [0.15, 0.2) is 0 Å². The van der Waals surface area contributed by atoms with E-state index in [-0.39, 0.29) is 11.6 Å². The standard InChI is InChI=1S/C15H19F2N/c1-2-11-8-9-18-12(10-11)6-7-13-14(16)4-3-5-15(13)17/h3-7,11-12,18H,2,8-10H2,1H3/b7-6+. The van der Waals surface area contributed by atoms with Gasteiger partial charge >= 0.3 is 0 Å². The molecule has 0 aromatic heterocycles. The van der Waals surface area contributed by atoms with E-state index in [0.29, 0.717) is 5.92 Å². The molecule has 1 heterocycles. The van der Waals surface area contributed by atoms with Crippen LogP contribution in [0.2, 0.25) is 0 Å². The minimum Gasteiger partial charge on any atom is -0.310 e. The smallest absolute Gasteiger partial charge is 0.133 e. The van der Waals surface area contributed by atoms with Crippen LogP contribution >= 0.6 is 0 Å². The first-order valence-corrected chi connectivity index (χ1v) is 6.56. The molecule has 0 saturated carbocycles. The van der Waals surface area contributed by atoms with Gasteiger partial charge in [-0.2, -0.15) is 0 Å². The molecule has 98 valence electrons. The molecule has 2 rings (SSSR count). The molecule has 1 aliphatic rings. The second-order valence-corrected chi connectivity index (χ2v) is 4.85. The zero-order chi connectivity index (χ0) is 13.0. The van der Waals surface area contributed by atoms with Crippen LogP contribution in [0, 0.1) is 17.6 Å². The Morgan fingerprint density at radius 2 is 2.06 bits per heavy atom. The van der Waals surface area contributed by atoms with Gasteiger partial charge in [-0.05, 0) is 37.4 Å². The van der Waals surface area contributed by atoms with Crippen LogP contribution in [0.3, 0.4) is 0 Å². The summed E-state index contributed by atoms with van der Waals surface area (Å²) < 4.78 is 26.9. The van der Waals surface area contributed by atoms with Gasteiger partial charge < -0.3 is 5.32 Å². The van der Waals surface area contributed by atoms with E-state index in [1.54, 1.807) is 6.08 Å². The summed E-state index contributed by atoms with van der Waals surface area (Å²) in [5, 5.41) is 3.36. The van der Waals surface area contributed by atoms with Crippen molar-refractivity contribution in [1.29, 1.82) is 0 Å². The van der Waals surface area contributed by atoms with E-state index in [1.807, 2.05) is 6.08 Å². The lowest BCUT2D eigenvalue weighted by Gasteiger charge is -2.27. The van der Waals surface area contributed by atoms with Crippen LogP contribution in [0.5, 0.6) is 0 Å². The van der Waals surface area contributed by atoms with Gasteiger partial charge in [-0.3, -0.25) is 0 Å². The van der Waals surface area contributed by atoms with Gasteiger partial charge in [-0.15, -0.1) is 0 Å². The molecule has 18 heavy (non-hydrogen) atoms. The average molecular weight is 251 g/mol. The molecule has 0 spiro atoms. The summed E-state index contributed by atoms with van der Waals surface area (Å²) in [6.45, 7) is 3.17. The quantitative estimate of drug-likeness (QED) is 0.862. The second-order valence-electron chi connectivity index (χ2n) is 4.85. The number of piperidine rings is 1. The highest BCUT2D eigenvalue weighted by atomic mass is 19.1. The molecule has 1 nitrogen and oxygen atoms in total. The van der Waals surface area contributed by atoms with Crippen LogP contribution in [0.15, 0.2) is 24.3 Å². The molecule has 0 amide bonds. The molecule has 1 aromatic carbocycles. The summed E-state index contributed by atoms with van der Waals surface area (Å²) in [5.74, 6) is -0.297. The lowest BCUT2D eigenvalue weighted by Crippen LogP contribution is -2.36. The highest BCUT2D eigenvalue weighted by molar-refractivity contribution is 5.51. The Kier molecular flexibility index (Phi) is 4.48. The third-order valence-corrected chi connectivity index (χ3v) is 3.62. The third kappa shape index (κ3) is 3.16. The maximum absolute atomic E-state index is 13.4. The Morgan fingerprint density at radius 1 is 1.33 bits per heavy atom. The summed E-state index contributed by atoms with van der Waals surface area (Å²) in [6.07, 6.45) is 6.84. The molecule has 0 aliphatic carbocycles. The molecule has 1 saturated heterocycles. The van der Waals surface area contributed by atoms with Gasteiger partial charge in [0.05, 0.1) is 0 Å². The number of nitrogens with one attached hydrogen (secondary N) is 1. The van der Waals surface area contributed by atoms with Crippen LogP contribution in [0.25, 0.3) is 6.08 Å². The van der Waals surface area contributed by atoms with Gasteiger partial charge in [-0.1, -0.05) is 31.6 Å². The predicted octanol–water partition coefficient (Wildman–Crippen LogP) is 3.76. The Labute approximate surface area is 107 Å². The summed E-state index contributed by atoms with van der Waals surface area (Å²) in [7, 11) is 0. The molecule has 1 fully saturated rings. The molecule has 1 aliphatic heterocycles. The summed E-state index contributed by atoms with van der Waals surface area (Å²) in [4.78, 5) is 0. The van der Waals surface area contributed by atoms with Gasteiger partial charge in [0, 0.05) is 11.6 Å². The third-order valence-electron chi connectivity index (χ3n) is 3.62. The van der Waals surface area contributed by atoms with Crippen LogP contribution in [0.4, 0.5) is 8.78 Å². The van der Waals surface area contributed by atoms with Crippen LogP contribution < -0.4 is 5.32 Å². The minimum absolute atomic E-state index is 0.0536. The van der Waals surface area contributed by atoms with E-state index in [4.69, 9.17) is 0 Å². The van der Waals surface area contributed by atoms with Crippen LogP contribution in [0.1, 0.15) is 31.7 Å². The summed E-state index contributed by atoms with van der Waals surface area (Å²) >= 11 is 0. The summed E-state index contributed by atoms with van der Waals surface area (Å²) in [5.41, 5.74) is 0.0536. The van der Waals surface area contributed by atoms with Gasteiger partial charge in [0.1, 0.15) is 11.6 Å². The lowest BCUT2D eigenvalue weighted by atomic mass is 9.90. The van der Waals surface area contributed by atoms with Crippen LogP contribution in [-0.2, 0) is 0 Å². The fraction of sp³-hybridized carbons (Fsp3) is 0.467. The average Bonchev–Trinajstić information content (AvgIpc) is 2.38. The van der Waals surface area contributed by atoms with E-state index in [1.165, 1.54) is 31.0 Å². The first-order valence-electron chi connectivity index (χ1n) is 6.56. The van der Waals surface area contributed by atoms with Crippen molar-refractivity contribution >= 4 is 6.08 Å². The topological polar surface area (TPSA) is 12.0 Å². The molecular weight excluding hydrogens is 232 g/mol. The SMILES string of the molecule is CCC1CCNC(/C=C/c2c(F)cccc2F)C1. The normalized spacial score (nSPS) is 24.6. The van der Waals surface area contributed by atoms with Crippen molar-refractivity contribution in [3.05, 3.63) is 41.5 Å². The maximum Gasteiger partial charge on any atom is 0.133 e. The predicted molar refractivity (Wildman–Crippen MR) is 70.2 cm³/mol. The molecule has 3 heteroatoms. The monoisotopic (exact) mass is 251 g/mol. The number of rotatable bonds is 3. The molecule has 2 unspecified atom stereocenters. The van der Waals surface area contributed by atoms with Crippen molar-refractivity contribution in [2.24, 2.45) is 5.92 Å². The number of hydrogen-bond acceptors (Lipinski definition) is 1. The Morgan fingerprint density at radius 3 is 2.72 bits per heavy atom. The fourth-order valence-corrected chi connectivity index (χ4v) is 2.43. The van der Waals surface area contributed by atoms with E-state index in [9.17, 15) is 8.78 Å². The Bertz CT molecular complexity index is 408. The molecule has 2 atom stereocenters.